The van der Waals surface area contributed by atoms with Crippen molar-refractivity contribution in [3.8, 4) is 5.75 Å². The van der Waals surface area contributed by atoms with Gasteiger partial charge in [0.05, 0.1) is 31.1 Å². The van der Waals surface area contributed by atoms with Crippen LogP contribution < -0.4 is 4.90 Å². The summed E-state index contributed by atoms with van der Waals surface area (Å²) >= 11 is 0. The number of hydrogen-bond donors (Lipinski definition) is 2. The smallest absolute Gasteiger partial charge is 0.138 e. The van der Waals surface area contributed by atoms with Gasteiger partial charge in [-0.2, -0.15) is 0 Å². The summed E-state index contributed by atoms with van der Waals surface area (Å²) in [5, 5.41) is 20.1. The Labute approximate surface area is 143 Å². The lowest BCUT2D eigenvalue weighted by molar-refractivity contribution is -0.0254. The number of aromatic hydroxyl groups is 1. The first-order valence-electron chi connectivity index (χ1n) is 8.85. The Morgan fingerprint density at radius 1 is 1.21 bits per heavy atom. The van der Waals surface area contributed by atoms with Crippen molar-refractivity contribution < 1.29 is 19.7 Å². The van der Waals surface area contributed by atoms with Crippen LogP contribution in [0, 0.1) is 0 Å². The third-order valence-electron chi connectivity index (χ3n) is 4.70. The predicted octanol–water partition coefficient (Wildman–Crippen LogP) is 1.07. The van der Waals surface area contributed by atoms with Crippen molar-refractivity contribution in [1.29, 1.82) is 0 Å². The van der Waals surface area contributed by atoms with Crippen LogP contribution in [-0.2, 0) is 9.47 Å². The molecule has 0 unspecified atom stereocenters. The number of phenolic OH excluding ortho intramolecular Hbond substituents is 1. The zero-order chi connectivity index (χ0) is 16.8. The van der Waals surface area contributed by atoms with E-state index in [1.54, 1.807) is 6.07 Å². The quantitative estimate of drug-likeness (QED) is 0.777. The summed E-state index contributed by atoms with van der Waals surface area (Å²) in [6, 6.07) is 7.44. The number of para-hydroxylation sites is 2. The fourth-order valence-electron chi connectivity index (χ4n) is 3.36. The van der Waals surface area contributed by atoms with Gasteiger partial charge in [-0.15, -0.1) is 0 Å². The Morgan fingerprint density at radius 2 is 2.00 bits per heavy atom. The van der Waals surface area contributed by atoms with Crippen LogP contribution in [-0.4, -0.2) is 79.9 Å². The Balaban J connectivity index is 1.35. The van der Waals surface area contributed by atoms with E-state index in [0.29, 0.717) is 25.5 Å². The van der Waals surface area contributed by atoms with Crippen molar-refractivity contribution in [1.82, 2.24) is 4.90 Å². The highest BCUT2D eigenvalue weighted by Gasteiger charge is 2.21. The van der Waals surface area contributed by atoms with E-state index in [2.05, 4.69) is 9.80 Å². The third-order valence-corrected chi connectivity index (χ3v) is 4.70. The summed E-state index contributed by atoms with van der Waals surface area (Å²) in [6.07, 6.45) is 1.91. The Bertz CT molecular complexity index is 500. The number of anilines is 1. The normalized spacial score (nSPS) is 23.5. The van der Waals surface area contributed by atoms with E-state index in [4.69, 9.17) is 9.47 Å². The van der Waals surface area contributed by atoms with Crippen LogP contribution in [0.3, 0.4) is 0 Å². The van der Waals surface area contributed by atoms with Gasteiger partial charge in [0, 0.05) is 39.3 Å². The van der Waals surface area contributed by atoms with Crippen LogP contribution in [0.25, 0.3) is 0 Å². The second kappa shape index (κ2) is 8.67. The first-order valence-corrected chi connectivity index (χ1v) is 8.85. The predicted molar refractivity (Wildman–Crippen MR) is 92.6 cm³/mol. The van der Waals surface area contributed by atoms with E-state index < -0.39 is 6.10 Å². The molecule has 0 aromatic heterocycles. The van der Waals surface area contributed by atoms with Gasteiger partial charge in [-0.3, -0.25) is 4.90 Å². The minimum absolute atomic E-state index is 0.208. The number of rotatable bonds is 7. The van der Waals surface area contributed by atoms with Crippen LogP contribution in [0.2, 0.25) is 0 Å². The van der Waals surface area contributed by atoms with E-state index >= 15 is 0 Å². The summed E-state index contributed by atoms with van der Waals surface area (Å²) in [5.41, 5.74) is 0.887. The number of benzene rings is 1. The van der Waals surface area contributed by atoms with Gasteiger partial charge in [0.2, 0.25) is 0 Å². The second-order valence-corrected chi connectivity index (χ2v) is 6.60. The van der Waals surface area contributed by atoms with Gasteiger partial charge in [0.25, 0.3) is 0 Å². The lowest BCUT2D eigenvalue weighted by Gasteiger charge is -2.37. The summed E-state index contributed by atoms with van der Waals surface area (Å²) in [7, 11) is 0. The molecular formula is C18H28N2O4. The first-order chi connectivity index (χ1) is 11.7. The Hall–Kier alpha value is -1.34. The van der Waals surface area contributed by atoms with Crippen molar-refractivity contribution in [2.45, 2.75) is 25.0 Å². The molecule has 2 N–H and O–H groups in total. The number of β-amino-alcohol motifs (C(OH)–C–C–N with tert-alkyl or cyclic N) is 1. The Kier molecular flexibility index (Phi) is 6.31. The molecule has 3 rings (SSSR count). The van der Waals surface area contributed by atoms with Crippen molar-refractivity contribution in [2.75, 3.05) is 57.4 Å². The van der Waals surface area contributed by atoms with E-state index in [0.717, 1.165) is 51.3 Å². The number of aliphatic hydroxyl groups excluding tert-OH is 1. The lowest BCUT2D eigenvalue weighted by Crippen LogP contribution is -2.49. The number of aliphatic hydroxyl groups is 1. The molecule has 0 amide bonds. The first kappa shape index (κ1) is 17.5. The molecule has 2 fully saturated rings. The van der Waals surface area contributed by atoms with Crippen LogP contribution >= 0.6 is 0 Å². The molecule has 24 heavy (non-hydrogen) atoms. The standard InChI is InChI=1S/C18H28N2O4/c21-15(13-23-14-16-4-3-11-24-16)12-19-7-9-20(10-8-19)17-5-1-2-6-18(17)22/h1-2,5-6,15-16,21-22H,3-4,7-14H2/t15-,16+/m1/s1. The van der Waals surface area contributed by atoms with Crippen LogP contribution in [0.4, 0.5) is 5.69 Å². The molecule has 134 valence electrons. The number of piperazine rings is 1. The summed E-state index contributed by atoms with van der Waals surface area (Å²) in [6.45, 7) is 5.84. The molecule has 6 nitrogen and oxygen atoms in total. The van der Waals surface area contributed by atoms with Crippen molar-refractivity contribution in [2.24, 2.45) is 0 Å². The maximum atomic E-state index is 10.1. The fourth-order valence-corrected chi connectivity index (χ4v) is 3.36. The monoisotopic (exact) mass is 336 g/mol. The van der Waals surface area contributed by atoms with E-state index in [-0.39, 0.29) is 6.10 Å². The average molecular weight is 336 g/mol. The molecule has 1 aromatic carbocycles. The zero-order valence-corrected chi connectivity index (χ0v) is 14.1. The van der Waals surface area contributed by atoms with Crippen LogP contribution in [0.1, 0.15) is 12.8 Å². The van der Waals surface area contributed by atoms with E-state index in [1.807, 2.05) is 18.2 Å². The minimum atomic E-state index is -0.469. The SMILES string of the molecule is Oc1ccccc1N1CCN(C[C@@H](O)COC[C@@H]2CCCO2)CC1. The number of hydrogen-bond acceptors (Lipinski definition) is 6. The van der Waals surface area contributed by atoms with Crippen molar-refractivity contribution in [3.05, 3.63) is 24.3 Å². The Morgan fingerprint density at radius 3 is 2.71 bits per heavy atom. The molecule has 1 aromatic rings. The molecule has 0 saturated carbocycles. The van der Waals surface area contributed by atoms with Crippen molar-refractivity contribution >= 4 is 5.69 Å². The van der Waals surface area contributed by atoms with Crippen LogP contribution in [0.5, 0.6) is 5.75 Å². The highest BCUT2D eigenvalue weighted by Crippen LogP contribution is 2.27. The maximum absolute atomic E-state index is 10.1. The molecule has 0 radical (unpaired) electrons. The molecule has 0 spiro atoms. The average Bonchev–Trinajstić information content (AvgIpc) is 3.10. The summed E-state index contributed by atoms with van der Waals surface area (Å²) in [5.74, 6) is 0.327. The second-order valence-electron chi connectivity index (χ2n) is 6.60. The molecule has 2 aliphatic heterocycles. The maximum Gasteiger partial charge on any atom is 0.138 e. The largest absolute Gasteiger partial charge is 0.506 e. The van der Waals surface area contributed by atoms with Gasteiger partial charge < -0.3 is 24.6 Å². The molecule has 6 heteroatoms. The van der Waals surface area contributed by atoms with Gasteiger partial charge >= 0.3 is 0 Å². The molecule has 2 aliphatic rings. The van der Waals surface area contributed by atoms with Gasteiger partial charge in [0.1, 0.15) is 5.75 Å². The third kappa shape index (κ3) is 4.83. The summed E-state index contributed by atoms with van der Waals surface area (Å²) in [4.78, 5) is 4.43. The van der Waals surface area contributed by atoms with E-state index in [1.165, 1.54) is 0 Å². The molecule has 2 heterocycles. The number of ether oxygens (including phenoxy) is 2. The van der Waals surface area contributed by atoms with Gasteiger partial charge in [-0.25, -0.2) is 0 Å². The number of phenols is 1. The van der Waals surface area contributed by atoms with Gasteiger partial charge in [-0.1, -0.05) is 12.1 Å². The summed E-state index contributed by atoms with van der Waals surface area (Å²) < 4.78 is 11.1. The molecule has 0 bridgehead atoms. The number of nitrogens with zero attached hydrogens (tertiary/aromatic N) is 2. The molecular weight excluding hydrogens is 308 g/mol. The van der Waals surface area contributed by atoms with Crippen molar-refractivity contribution in [3.63, 3.8) is 0 Å². The van der Waals surface area contributed by atoms with E-state index in [9.17, 15) is 10.2 Å². The highest BCUT2D eigenvalue weighted by atomic mass is 16.5. The fraction of sp³-hybridized carbons (Fsp3) is 0.667. The molecule has 0 aliphatic carbocycles. The lowest BCUT2D eigenvalue weighted by atomic mass is 10.2. The van der Waals surface area contributed by atoms with Gasteiger partial charge in [0.15, 0.2) is 0 Å². The molecule has 2 atom stereocenters. The van der Waals surface area contributed by atoms with Crippen LogP contribution in [0.15, 0.2) is 24.3 Å². The molecule has 2 saturated heterocycles. The highest BCUT2D eigenvalue weighted by molar-refractivity contribution is 5.57. The van der Waals surface area contributed by atoms with Gasteiger partial charge in [-0.05, 0) is 25.0 Å². The minimum Gasteiger partial charge on any atom is -0.506 e. The zero-order valence-electron chi connectivity index (χ0n) is 14.1. The topological polar surface area (TPSA) is 65.4 Å².